The van der Waals surface area contributed by atoms with Gasteiger partial charge >= 0.3 is 6.18 Å². The van der Waals surface area contributed by atoms with E-state index in [4.69, 9.17) is 0 Å². The maximum atomic E-state index is 13.6. The van der Waals surface area contributed by atoms with Gasteiger partial charge in [0, 0.05) is 30.3 Å². The number of hydrogen-bond donors (Lipinski definition) is 0. The van der Waals surface area contributed by atoms with E-state index in [1.807, 2.05) is 43.3 Å². The van der Waals surface area contributed by atoms with Gasteiger partial charge in [0.25, 0.3) is 5.91 Å². The molecular weight excluding hydrogens is 415 g/mol. The Bertz CT molecular complexity index is 1370. The van der Waals surface area contributed by atoms with Gasteiger partial charge in [-0.2, -0.15) is 13.2 Å². The minimum Gasteiger partial charge on any atom is -0.342 e. The Labute approximate surface area is 182 Å². The van der Waals surface area contributed by atoms with Crippen LogP contribution in [-0.4, -0.2) is 30.2 Å². The van der Waals surface area contributed by atoms with E-state index in [2.05, 4.69) is 0 Å². The van der Waals surface area contributed by atoms with Gasteiger partial charge in [0.15, 0.2) is 5.78 Å². The topological polar surface area (TPSA) is 37.4 Å². The monoisotopic (exact) mass is 433 g/mol. The van der Waals surface area contributed by atoms with E-state index in [9.17, 15) is 22.8 Å². The second kappa shape index (κ2) is 6.92. The van der Waals surface area contributed by atoms with Gasteiger partial charge in [-0.15, -0.1) is 0 Å². The van der Waals surface area contributed by atoms with Crippen molar-refractivity contribution in [3.8, 4) is 0 Å². The number of likely N-dealkylation sites (N-methyl/N-ethyl adjacent to an activating group) is 1. The summed E-state index contributed by atoms with van der Waals surface area (Å²) in [6.45, 7) is 2.24. The highest BCUT2D eigenvalue weighted by Gasteiger charge is 2.43. The Kier molecular flexibility index (Phi) is 4.38. The highest BCUT2D eigenvalue weighted by molar-refractivity contribution is 6.56. The Morgan fingerprint density at radius 2 is 1.47 bits per heavy atom. The third-order valence-electron chi connectivity index (χ3n) is 6.18. The first-order chi connectivity index (χ1) is 15.2. The fraction of sp³-hybridized carbons (Fsp3) is 0.154. The van der Waals surface area contributed by atoms with E-state index in [0.29, 0.717) is 23.3 Å². The van der Waals surface area contributed by atoms with E-state index in [-0.39, 0.29) is 11.1 Å². The molecule has 0 heterocycles. The summed E-state index contributed by atoms with van der Waals surface area (Å²) in [6.07, 6.45) is -4.47. The molecule has 2 aliphatic rings. The summed E-state index contributed by atoms with van der Waals surface area (Å²) in [5, 5.41) is 1.92. The highest BCUT2D eigenvalue weighted by Crippen LogP contribution is 2.54. The molecule has 3 aromatic rings. The van der Waals surface area contributed by atoms with E-state index in [1.54, 1.807) is 7.05 Å². The molecule has 0 fully saturated rings. The lowest BCUT2D eigenvalue weighted by Gasteiger charge is -2.16. The van der Waals surface area contributed by atoms with Crippen molar-refractivity contribution in [1.82, 2.24) is 4.90 Å². The smallest absolute Gasteiger partial charge is 0.342 e. The molecule has 5 rings (SSSR count). The summed E-state index contributed by atoms with van der Waals surface area (Å²) in [7, 11) is 1.63. The Morgan fingerprint density at radius 1 is 0.875 bits per heavy atom. The average Bonchev–Trinajstić information content (AvgIpc) is 3.25. The zero-order chi connectivity index (χ0) is 22.8. The molecule has 6 heteroatoms. The third-order valence-corrected chi connectivity index (χ3v) is 6.18. The number of fused-ring (bicyclic) bond motifs is 3. The minimum atomic E-state index is -4.47. The van der Waals surface area contributed by atoms with Crippen LogP contribution in [0, 0.1) is 0 Å². The van der Waals surface area contributed by atoms with Crippen molar-refractivity contribution < 1.29 is 22.8 Å². The standard InChI is InChI=1S/C26H18F3NO2/c1-3-30(2)25(32)23-22-18-9-5-7-14-6-4-8-17(19(14)18)21(22)20(24(23)31)15-10-12-16(13-11-15)26(27,28)29/h4-13H,3H2,1-2H3. The summed E-state index contributed by atoms with van der Waals surface area (Å²) in [5.74, 6) is -0.844. The number of nitrogens with zero attached hydrogens (tertiary/aromatic N) is 1. The summed E-state index contributed by atoms with van der Waals surface area (Å²) in [6, 6.07) is 16.0. The molecule has 0 atom stereocenters. The van der Waals surface area contributed by atoms with E-state index in [0.717, 1.165) is 34.0 Å². The minimum absolute atomic E-state index is 0.0722. The molecule has 0 spiro atoms. The predicted octanol–water partition coefficient (Wildman–Crippen LogP) is 5.60. The van der Waals surface area contributed by atoms with Crippen molar-refractivity contribution in [2.24, 2.45) is 0 Å². The number of Topliss-reactive ketones (excluding diaryl/α,β-unsaturated/α-hetero) is 1. The van der Waals surface area contributed by atoms with Gasteiger partial charge in [-0.25, -0.2) is 0 Å². The lowest BCUT2D eigenvalue weighted by molar-refractivity contribution is -0.137. The van der Waals surface area contributed by atoms with Gasteiger partial charge in [0.2, 0.25) is 0 Å². The van der Waals surface area contributed by atoms with Crippen LogP contribution >= 0.6 is 0 Å². The van der Waals surface area contributed by atoms with Crippen LogP contribution in [0.1, 0.15) is 29.2 Å². The van der Waals surface area contributed by atoms with Crippen LogP contribution in [0.2, 0.25) is 0 Å². The van der Waals surface area contributed by atoms with Crippen molar-refractivity contribution in [2.75, 3.05) is 13.6 Å². The van der Waals surface area contributed by atoms with Gasteiger partial charge in [-0.1, -0.05) is 48.5 Å². The predicted molar refractivity (Wildman–Crippen MR) is 117 cm³/mol. The summed E-state index contributed by atoms with van der Waals surface area (Å²) in [4.78, 5) is 28.3. The lowest BCUT2D eigenvalue weighted by atomic mass is 9.94. The van der Waals surface area contributed by atoms with Crippen LogP contribution in [0.15, 0.2) is 66.2 Å². The largest absolute Gasteiger partial charge is 0.416 e. The molecule has 3 aromatic carbocycles. The molecule has 0 radical (unpaired) electrons. The number of rotatable bonds is 3. The second-order valence-electron chi connectivity index (χ2n) is 7.93. The summed E-state index contributed by atoms with van der Waals surface area (Å²) >= 11 is 0. The van der Waals surface area contributed by atoms with Crippen molar-refractivity contribution in [2.45, 2.75) is 13.1 Å². The molecule has 3 nitrogen and oxygen atoms in total. The van der Waals surface area contributed by atoms with Gasteiger partial charge in [0.05, 0.1) is 11.1 Å². The summed E-state index contributed by atoms with van der Waals surface area (Å²) < 4.78 is 39.2. The number of hydrogen-bond acceptors (Lipinski definition) is 2. The van der Waals surface area contributed by atoms with E-state index < -0.39 is 23.4 Å². The number of carbonyl (C=O) groups excluding carboxylic acids is 2. The molecule has 0 saturated heterocycles. The summed E-state index contributed by atoms with van der Waals surface area (Å²) in [5.41, 5.74) is 2.73. The molecule has 0 N–H and O–H groups in total. The van der Waals surface area contributed by atoms with Crippen LogP contribution in [0.4, 0.5) is 13.2 Å². The van der Waals surface area contributed by atoms with Crippen LogP contribution in [0.3, 0.4) is 0 Å². The number of allylic oxidation sites excluding steroid dienone is 3. The van der Waals surface area contributed by atoms with Gasteiger partial charge < -0.3 is 4.90 Å². The molecule has 0 aromatic heterocycles. The Balaban J connectivity index is 1.80. The van der Waals surface area contributed by atoms with E-state index >= 15 is 0 Å². The van der Waals surface area contributed by atoms with Crippen molar-refractivity contribution >= 4 is 39.2 Å². The number of ketones is 1. The highest BCUT2D eigenvalue weighted by atomic mass is 19.4. The average molecular weight is 433 g/mol. The van der Waals surface area contributed by atoms with Crippen molar-refractivity contribution in [3.05, 3.63) is 88.5 Å². The maximum absolute atomic E-state index is 13.6. The quantitative estimate of drug-likeness (QED) is 0.505. The Hall–Kier alpha value is -3.67. The molecule has 1 amide bonds. The second-order valence-corrected chi connectivity index (χ2v) is 7.93. The molecule has 0 bridgehead atoms. The first-order valence-corrected chi connectivity index (χ1v) is 10.2. The molecule has 0 saturated carbocycles. The van der Waals surface area contributed by atoms with Crippen LogP contribution in [0.5, 0.6) is 0 Å². The number of benzene rings is 3. The fourth-order valence-corrected chi connectivity index (χ4v) is 4.54. The molecule has 160 valence electrons. The van der Waals surface area contributed by atoms with Crippen molar-refractivity contribution in [1.29, 1.82) is 0 Å². The third kappa shape index (κ3) is 2.75. The van der Waals surface area contributed by atoms with Crippen LogP contribution in [0.25, 0.3) is 27.5 Å². The number of carbonyl (C=O) groups is 2. The fourth-order valence-electron chi connectivity index (χ4n) is 4.54. The normalized spacial score (nSPS) is 15.1. The SMILES string of the molecule is CCN(C)C(=O)C1=C2C(=C(c3ccc(C(F)(F)F)cc3)C1=O)c1cccc3cccc2c13. The van der Waals surface area contributed by atoms with Gasteiger partial charge in [-0.3, -0.25) is 9.59 Å². The maximum Gasteiger partial charge on any atom is 0.416 e. The number of alkyl halides is 3. The lowest BCUT2D eigenvalue weighted by Crippen LogP contribution is -2.30. The zero-order valence-electron chi connectivity index (χ0n) is 17.4. The van der Waals surface area contributed by atoms with Crippen LogP contribution < -0.4 is 0 Å². The van der Waals surface area contributed by atoms with Gasteiger partial charge in [0.1, 0.15) is 0 Å². The molecule has 0 unspecified atom stereocenters. The molecule has 32 heavy (non-hydrogen) atoms. The molecule has 0 aliphatic heterocycles. The first kappa shape index (κ1) is 20.2. The van der Waals surface area contributed by atoms with E-state index in [1.165, 1.54) is 17.0 Å². The molecule has 2 aliphatic carbocycles. The molecular formula is C26H18F3NO2. The Morgan fingerprint density at radius 3 is 2.03 bits per heavy atom. The van der Waals surface area contributed by atoms with Gasteiger partial charge in [-0.05, 0) is 46.5 Å². The zero-order valence-corrected chi connectivity index (χ0v) is 17.4. The van der Waals surface area contributed by atoms with Crippen LogP contribution in [-0.2, 0) is 15.8 Å². The van der Waals surface area contributed by atoms with Crippen molar-refractivity contribution in [3.63, 3.8) is 0 Å². The number of halogens is 3. The first-order valence-electron chi connectivity index (χ1n) is 10.2. The number of amides is 1.